The highest BCUT2D eigenvalue weighted by atomic mass is 19.4. The average molecular weight is 286 g/mol. The van der Waals surface area contributed by atoms with Gasteiger partial charge in [0.15, 0.2) is 5.69 Å². The fourth-order valence-corrected chi connectivity index (χ4v) is 1.84. The first-order valence-electron chi connectivity index (χ1n) is 5.69. The third-order valence-corrected chi connectivity index (χ3v) is 2.73. The number of hydrogen-bond acceptors (Lipinski definition) is 2. The second-order valence-corrected chi connectivity index (χ2v) is 4.24. The zero-order valence-electron chi connectivity index (χ0n) is 10.4. The molecule has 0 unspecified atom stereocenters. The molecule has 106 valence electrons. The molecular weight excluding hydrogens is 276 g/mol. The van der Waals surface area contributed by atoms with E-state index >= 15 is 0 Å². The Morgan fingerprint density at radius 3 is 2.50 bits per heavy atom. The Balaban J connectivity index is 2.57. The maximum Gasteiger partial charge on any atom is 0.433 e. The highest BCUT2D eigenvalue weighted by Gasteiger charge is 2.37. The van der Waals surface area contributed by atoms with E-state index < -0.39 is 35.2 Å². The Morgan fingerprint density at radius 2 is 1.90 bits per heavy atom. The third kappa shape index (κ3) is 2.87. The smallest absolute Gasteiger partial charge is 0.311 e. The molecule has 0 saturated carbocycles. The number of H-pyrrole nitrogens is 1. The summed E-state index contributed by atoms with van der Waals surface area (Å²) in [6.45, 7) is 1.25. The molecule has 0 amide bonds. The molecule has 2 rings (SSSR count). The number of rotatable bonds is 2. The molecule has 0 aliphatic rings. The summed E-state index contributed by atoms with van der Waals surface area (Å²) in [5, 5.41) is 0. The van der Waals surface area contributed by atoms with Crippen LogP contribution in [-0.4, -0.2) is 9.97 Å². The van der Waals surface area contributed by atoms with Crippen molar-refractivity contribution in [2.24, 2.45) is 0 Å². The monoisotopic (exact) mass is 286 g/mol. The second-order valence-electron chi connectivity index (χ2n) is 4.24. The lowest BCUT2D eigenvalue weighted by atomic mass is 10.0. The Morgan fingerprint density at radius 1 is 1.25 bits per heavy atom. The van der Waals surface area contributed by atoms with Crippen molar-refractivity contribution in [1.29, 1.82) is 0 Å². The Bertz CT molecular complexity index is 692. The van der Waals surface area contributed by atoms with Gasteiger partial charge in [0.1, 0.15) is 11.6 Å². The number of benzene rings is 1. The predicted molar refractivity (Wildman–Crippen MR) is 63.8 cm³/mol. The van der Waals surface area contributed by atoms with Gasteiger partial charge in [0.2, 0.25) is 0 Å². The summed E-state index contributed by atoms with van der Waals surface area (Å²) in [6.07, 6.45) is -5.23. The van der Waals surface area contributed by atoms with Gasteiger partial charge in [-0.25, -0.2) is 9.37 Å². The number of aromatic amines is 1. The molecule has 2 aromatic rings. The lowest BCUT2D eigenvalue weighted by molar-refractivity contribution is -0.142. The molecule has 0 atom stereocenters. The predicted octanol–water partition coefficient (Wildman–Crippen LogP) is 2.83. The summed E-state index contributed by atoms with van der Waals surface area (Å²) in [7, 11) is 0. The number of aromatic nitrogens is 2. The highest BCUT2D eigenvalue weighted by molar-refractivity contribution is 5.29. The van der Waals surface area contributed by atoms with Crippen molar-refractivity contribution in [2.75, 3.05) is 0 Å². The normalized spacial score (nSPS) is 11.7. The summed E-state index contributed by atoms with van der Waals surface area (Å²) in [6, 6.07) is 5.36. The van der Waals surface area contributed by atoms with E-state index in [1.807, 2.05) is 0 Å². The lowest BCUT2D eigenvalue weighted by Crippen LogP contribution is -2.24. The molecular formula is C13H10F4N2O. The molecule has 3 nitrogen and oxygen atoms in total. The topological polar surface area (TPSA) is 45.8 Å². The Labute approximate surface area is 111 Å². The first kappa shape index (κ1) is 14.2. The van der Waals surface area contributed by atoms with Gasteiger partial charge in [-0.2, -0.15) is 13.2 Å². The van der Waals surface area contributed by atoms with Crippen molar-refractivity contribution < 1.29 is 17.6 Å². The minimum Gasteiger partial charge on any atom is -0.311 e. The SMILES string of the molecule is Cc1nc(C(F)(F)F)c(Cc2ccccc2F)c(=O)[nH]1. The van der Waals surface area contributed by atoms with Crippen LogP contribution < -0.4 is 5.56 Å². The molecule has 7 heteroatoms. The fourth-order valence-electron chi connectivity index (χ4n) is 1.84. The van der Waals surface area contributed by atoms with Crippen LogP contribution in [0.1, 0.15) is 22.6 Å². The van der Waals surface area contributed by atoms with Gasteiger partial charge >= 0.3 is 6.18 Å². The van der Waals surface area contributed by atoms with Crippen LogP contribution in [0.3, 0.4) is 0 Å². The van der Waals surface area contributed by atoms with Crippen molar-refractivity contribution in [3.8, 4) is 0 Å². The summed E-state index contributed by atoms with van der Waals surface area (Å²) >= 11 is 0. The van der Waals surface area contributed by atoms with Gasteiger partial charge in [0.25, 0.3) is 5.56 Å². The van der Waals surface area contributed by atoms with Gasteiger partial charge in [-0.3, -0.25) is 4.79 Å². The molecule has 0 saturated heterocycles. The summed E-state index contributed by atoms with van der Waals surface area (Å²) in [4.78, 5) is 17.2. The van der Waals surface area contributed by atoms with E-state index in [0.717, 1.165) is 6.07 Å². The molecule has 1 aromatic heterocycles. The summed E-state index contributed by atoms with van der Waals surface area (Å²) in [5.41, 5.74) is -2.77. The van der Waals surface area contributed by atoms with Crippen LogP contribution in [-0.2, 0) is 12.6 Å². The van der Waals surface area contributed by atoms with Gasteiger partial charge in [0, 0.05) is 6.42 Å². The van der Waals surface area contributed by atoms with Gasteiger partial charge in [-0.05, 0) is 18.6 Å². The highest BCUT2D eigenvalue weighted by Crippen LogP contribution is 2.30. The lowest BCUT2D eigenvalue weighted by Gasteiger charge is -2.12. The maximum absolute atomic E-state index is 13.5. The van der Waals surface area contributed by atoms with E-state index in [4.69, 9.17) is 0 Å². The van der Waals surface area contributed by atoms with Crippen molar-refractivity contribution in [2.45, 2.75) is 19.5 Å². The second kappa shape index (κ2) is 5.07. The molecule has 0 aliphatic heterocycles. The van der Waals surface area contributed by atoms with Gasteiger partial charge < -0.3 is 4.98 Å². The number of halogens is 4. The Kier molecular flexibility index (Phi) is 3.61. The number of aryl methyl sites for hydroxylation is 1. The molecule has 20 heavy (non-hydrogen) atoms. The van der Waals surface area contributed by atoms with E-state index in [9.17, 15) is 22.4 Å². The van der Waals surface area contributed by atoms with Gasteiger partial charge in [0.05, 0.1) is 5.56 Å². The standard InChI is InChI=1S/C13H10F4N2O/c1-7-18-11(13(15,16)17)9(12(20)19-7)6-8-4-2-3-5-10(8)14/h2-5H,6H2,1H3,(H,18,19,20). The van der Waals surface area contributed by atoms with E-state index in [1.54, 1.807) is 0 Å². The van der Waals surface area contributed by atoms with Crippen LogP contribution in [0.4, 0.5) is 17.6 Å². The average Bonchev–Trinajstić information content (AvgIpc) is 2.33. The molecule has 0 radical (unpaired) electrons. The zero-order valence-corrected chi connectivity index (χ0v) is 10.4. The van der Waals surface area contributed by atoms with Crippen LogP contribution in [0, 0.1) is 12.7 Å². The number of alkyl halides is 3. The molecule has 1 heterocycles. The quantitative estimate of drug-likeness (QED) is 0.863. The number of nitrogens with zero attached hydrogens (tertiary/aromatic N) is 1. The van der Waals surface area contributed by atoms with Crippen molar-refractivity contribution >= 4 is 0 Å². The minimum absolute atomic E-state index is 0.00848. The van der Waals surface area contributed by atoms with E-state index in [-0.39, 0.29) is 11.4 Å². The molecule has 1 N–H and O–H groups in total. The van der Waals surface area contributed by atoms with Gasteiger partial charge in [-0.15, -0.1) is 0 Å². The van der Waals surface area contributed by atoms with E-state index in [1.165, 1.54) is 25.1 Å². The van der Waals surface area contributed by atoms with Crippen molar-refractivity contribution in [3.05, 3.63) is 63.1 Å². The maximum atomic E-state index is 13.5. The van der Waals surface area contributed by atoms with E-state index in [0.29, 0.717) is 0 Å². The molecule has 0 bridgehead atoms. The number of hydrogen-bond donors (Lipinski definition) is 1. The van der Waals surface area contributed by atoms with E-state index in [2.05, 4.69) is 9.97 Å². The minimum atomic E-state index is -4.76. The van der Waals surface area contributed by atoms with Gasteiger partial charge in [-0.1, -0.05) is 18.2 Å². The summed E-state index contributed by atoms with van der Waals surface area (Å²) < 4.78 is 52.2. The first-order chi connectivity index (χ1) is 9.29. The zero-order chi connectivity index (χ0) is 14.9. The van der Waals surface area contributed by atoms with Crippen molar-refractivity contribution in [1.82, 2.24) is 9.97 Å². The molecule has 0 aliphatic carbocycles. The van der Waals surface area contributed by atoms with Crippen molar-refractivity contribution in [3.63, 3.8) is 0 Å². The van der Waals surface area contributed by atoms with Crippen LogP contribution in [0.15, 0.2) is 29.1 Å². The fraction of sp³-hybridized carbons (Fsp3) is 0.231. The molecule has 1 aromatic carbocycles. The number of nitrogens with one attached hydrogen (secondary N) is 1. The van der Waals surface area contributed by atoms with Crippen LogP contribution in [0.25, 0.3) is 0 Å². The molecule has 0 fully saturated rings. The summed E-state index contributed by atoms with van der Waals surface area (Å²) in [5.74, 6) is -0.805. The first-order valence-corrected chi connectivity index (χ1v) is 5.69. The van der Waals surface area contributed by atoms with Crippen LogP contribution in [0.2, 0.25) is 0 Å². The Hall–Kier alpha value is -2.18. The van der Waals surface area contributed by atoms with Crippen LogP contribution in [0.5, 0.6) is 0 Å². The third-order valence-electron chi connectivity index (χ3n) is 2.73. The molecule has 0 spiro atoms. The van der Waals surface area contributed by atoms with Crippen LogP contribution >= 0.6 is 0 Å². The largest absolute Gasteiger partial charge is 0.433 e.